The monoisotopic (exact) mass is 371 g/mol. The molecule has 1 N–H and O–H groups in total. The molecular formula is C17H12F3N7. The zero-order valence-electron chi connectivity index (χ0n) is 13.9. The maximum Gasteiger partial charge on any atom is 0.433 e. The van der Waals surface area contributed by atoms with Crippen molar-refractivity contribution in [2.24, 2.45) is 0 Å². The predicted octanol–water partition coefficient (Wildman–Crippen LogP) is 3.65. The van der Waals surface area contributed by atoms with Crippen molar-refractivity contribution in [2.75, 3.05) is 5.32 Å². The van der Waals surface area contributed by atoms with Gasteiger partial charge >= 0.3 is 6.18 Å². The van der Waals surface area contributed by atoms with Gasteiger partial charge in [0.25, 0.3) is 5.78 Å². The molecule has 0 amide bonds. The third-order valence-electron chi connectivity index (χ3n) is 3.75. The number of hydrogen-bond donors (Lipinski definition) is 1. The first-order valence-corrected chi connectivity index (χ1v) is 7.85. The Balaban J connectivity index is 1.67. The minimum absolute atomic E-state index is 0.101. The minimum Gasteiger partial charge on any atom is -0.340 e. The first-order chi connectivity index (χ1) is 12.9. The van der Waals surface area contributed by atoms with Gasteiger partial charge in [-0.1, -0.05) is 0 Å². The molecule has 0 spiro atoms. The zero-order chi connectivity index (χ0) is 19.0. The second-order valence-electron chi connectivity index (χ2n) is 5.72. The summed E-state index contributed by atoms with van der Waals surface area (Å²) in [7, 11) is 0. The van der Waals surface area contributed by atoms with Crippen LogP contribution in [0.15, 0.2) is 48.9 Å². The molecule has 0 saturated carbocycles. The summed E-state index contributed by atoms with van der Waals surface area (Å²) in [4.78, 5) is 15.8. The fourth-order valence-electron chi connectivity index (χ4n) is 2.49. The number of nitrogens with one attached hydrogen (secondary N) is 1. The van der Waals surface area contributed by atoms with E-state index in [2.05, 4.69) is 30.4 Å². The van der Waals surface area contributed by atoms with Gasteiger partial charge in [0.2, 0.25) is 0 Å². The summed E-state index contributed by atoms with van der Waals surface area (Å²) < 4.78 is 40.4. The molecule has 0 aliphatic rings. The molecule has 3 heterocycles. The standard InChI is InChI=1S/C17H12F3N7/c1-10-6-7-21-15(24-10)11-2-4-12(5-3-11)25-14-8-13(17(18,19)20)26-16-22-9-23-27(14)16/h2-9,25H,1H3. The number of benzene rings is 1. The van der Waals surface area contributed by atoms with Crippen LogP contribution in [-0.4, -0.2) is 29.5 Å². The van der Waals surface area contributed by atoms with Crippen LogP contribution in [0.25, 0.3) is 17.2 Å². The molecule has 0 bridgehead atoms. The number of halogens is 3. The molecule has 0 saturated heterocycles. The number of alkyl halides is 3. The van der Waals surface area contributed by atoms with Crippen LogP contribution < -0.4 is 5.32 Å². The summed E-state index contributed by atoms with van der Waals surface area (Å²) in [5, 5.41) is 6.82. The molecule has 136 valence electrons. The Hall–Kier alpha value is -3.56. The van der Waals surface area contributed by atoms with Crippen molar-refractivity contribution in [3.8, 4) is 11.4 Å². The van der Waals surface area contributed by atoms with E-state index in [1.54, 1.807) is 36.5 Å². The minimum atomic E-state index is -4.59. The van der Waals surface area contributed by atoms with Gasteiger partial charge in [-0.3, -0.25) is 0 Å². The van der Waals surface area contributed by atoms with Gasteiger partial charge < -0.3 is 5.32 Å². The molecule has 1 aromatic carbocycles. The lowest BCUT2D eigenvalue weighted by Crippen LogP contribution is -2.12. The van der Waals surface area contributed by atoms with Crippen molar-refractivity contribution in [1.29, 1.82) is 0 Å². The number of aromatic nitrogens is 6. The largest absolute Gasteiger partial charge is 0.433 e. The van der Waals surface area contributed by atoms with E-state index in [9.17, 15) is 13.2 Å². The highest BCUT2D eigenvalue weighted by atomic mass is 19.4. The number of fused-ring (bicyclic) bond motifs is 1. The normalized spacial score (nSPS) is 11.7. The van der Waals surface area contributed by atoms with Crippen molar-refractivity contribution < 1.29 is 13.2 Å². The Bertz CT molecular complexity index is 1100. The van der Waals surface area contributed by atoms with Gasteiger partial charge in [0.15, 0.2) is 11.5 Å². The summed E-state index contributed by atoms with van der Waals surface area (Å²) in [5.41, 5.74) is 1.16. The molecule has 0 atom stereocenters. The average molecular weight is 371 g/mol. The van der Waals surface area contributed by atoms with Crippen LogP contribution in [-0.2, 0) is 6.18 Å². The highest BCUT2D eigenvalue weighted by Crippen LogP contribution is 2.30. The molecular weight excluding hydrogens is 359 g/mol. The van der Waals surface area contributed by atoms with Gasteiger partial charge in [-0.2, -0.15) is 27.8 Å². The van der Waals surface area contributed by atoms with Crippen molar-refractivity contribution >= 4 is 17.3 Å². The van der Waals surface area contributed by atoms with Gasteiger partial charge in [0.05, 0.1) is 0 Å². The molecule has 0 unspecified atom stereocenters. The number of anilines is 2. The van der Waals surface area contributed by atoms with E-state index < -0.39 is 11.9 Å². The Labute approximate surface area is 151 Å². The first kappa shape index (κ1) is 16.9. The van der Waals surface area contributed by atoms with E-state index in [4.69, 9.17) is 0 Å². The molecule has 0 aliphatic heterocycles. The predicted molar refractivity (Wildman–Crippen MR) is 91.3 cm³/mol. The zero-order valence-corrected chi connectivity index (χ0v) is 13.9. The molecule has 4 aromatic rings. The highest BCUT2D eigenvalue weighted by molar-refractivity contribution is 5.64. The third-order valence-corrected chi connectivity index (χ3v) is 3.75. The molecule has 7 nitrogen and oxygen atoms in total. The van der Waals surface area contributed by atoms with Crippen LogP contribution in [0.3, 0.4) is 0 Å². The van der Waals surface area contributed by atoms with Crippen LogP contribution in [0.4, 0.5) is 24.7 Å². The Morgan fingerprint density at radius 3 is 2.48 bits per heavy atom. The van der Waals surface area contributed by atoms with Crippen LogP contribution in [0.1, 0.15) is 11.4 Å². The van der Waals surface area contributed by atoms with Crippen molar-refractivity contribution in [2.45, 2.75) is 13.1 Å². The van der Waals surface area contributed by atoms with E-state index in [0.29, 0.717) is 11.5 Å². The van der Waals surface area contributed by atoms with E-state index in [1.807, 2.05) is 6.92 Å². The highest BCUT2D eigenvalue weighted by Gasteiger charge is 2.34. The van der Waals surface area contributed by atoms with Gasteiger partial charge in [0.1, 0.15) is 12.1 Å². The fraction of sp³-hybridized carbons (Fsp3) is 0.118. The summed E-state index contributed by atoms with van der Waals surface area (Å²) in [6, 6.07) is 9.68. The molecule has 0 radical (unpaired) electrons. The van der Waals surface area contributed by atoms with Crippen molar-refractivity contribution in [3.63, 3.8) is 0 Å². The fourth-order valence-corrected chi connectivity index (χ4v) is 2.49. The van der Waals surface area contributed by atoms with Crippen LogP contribution in [0.2, 0.25) is 0 Å². The topological polar surface area (TPSA) is 80.9 Å². The quantitative estimate of drug-likeness (QED) is 0.592. The number of hydrogen-bond acceptors (Lipinski definition) is 6. The summed E-state index contributed by atoms with van der Waals surface area (Å²) >= 11 is 0. The third kappa shape index (κ3) is 3.41. The molecule has 0 aliphatic carbocycles. The van der Waals surface area contributed by atoms with E-state index >= 15 is 0 Å². The summed E-state index contributed by atoms with van der Waals surface area (Å²) in [6.45, 7) is 1.87. The number of rotatable bonds is 3. The Morgan fingerprint density at radius 1 is 1.00 bits per heavy atom. The SMILES string of the molecule is Cc1ccnc(-c2ccc(Nc3cc(C(F)(F)F)nc4ncnn34)cc2)n1. The van der Waals surface area contributed by atoms with E-state index in [-0.39, 0.29) is 11.6 Å². The van der Waals surface area contributed by atoms with Gasteiger partial charge in [-0.25, -0.2) is 15.0 Å². The average Bonchev–Trinajstić information content (AvgIpc) is 3.11. The van der Waals surface area contributed by atoms with E-state index in [1.165, 1.54) is 4.52 Å². The lowest BCUT2D eigenvalue weighted by atomic mass is 10.2. The van der Waals surface area contributed by atoms with Gasteiger partial charge in [-0.15, -0.1) is 0 Å². The van der Waals surface area contributed by atoms with Gasteiger partial charge in [-0.05, 0) is 37.3 Å². The molecule has 0 fully saturated rings. The number of nitrogens with zero attached hydrogens (tertiary/aromatic N) is 6. The Morgan fingerprint density at radius 2 is 1.78 bits per heavy atom. The number of aryl methyl sites for hydroxylation is 1. The maximum atomic E-state index is 13.1. The van der Waals surface area contributed by atoms with Gasteiger partial charge in [0, 0.05) is 29.2 Å². The lowest BCUT2D eigenvalue weighted by molar-refractivity contribution is -0.141. The maximum absolute atomic E-state index is 13.1. The van der Waals surface area contributed by atoms with Crippen molar-refractivity contribution in [1.82, 2.24) is 29.5 Å². The second-order valence-corrected chi connectivity index (χ2v) is 5.72. The smallest absolute Gasteiger partial charge is 0.340 e. The molecule has 27 heavy (non-hydrogen) atoms. The molecule has 4 rings (SSSR count). The Kier molecular flexibility index (Phi) is 3.94. The summed E-state index contributed by atoms with van der Waals surface area (Å²) in [6.07, 6.45) is -1.77. The van der Waals surface area contributed by atoms with Crippen molar-refractivity contribution in [3.05, 3.63) is 60.3 Å². The van der Waals surface area contributed by atoms with Crippen LogP contribution in [0.5, 0.6) is 0 Å². The first-order valence-electron chi connectivity index (χ1n) is 7.85. The van der Waals surface area contributed by atoms with Crippen LogP contribution in [0, 0.1) is 6.92 Å². The summed E-state index contributed by atoms with van der Waals surface area (Å²) in [5.74, 6) is 0.532. The lowest BCUT2D eigenvalue weighted by Gasteiger charge is -2.12. The van der Waals surface area contributed by atoms with E-state index in [0.717, 1.165) is 23.7 Å². The second kappa shape index (κ2) is 6.31. The molecule has 3 aromatic heterocycles. The van der Waals surface area contributed by atoms with Crippen LogP contribution >= 0.6 is 0 Å². The molecule has 10 heteroatoms.